The highest BCUT2D eigenvalue weighted by Gasteiger charge is 2.21. The Bertz CT molecular complexity index is 320. The van der Waals surface area contributed by atoms with Crippen molar-refractivity contribution in [2.24, 2.45) is 23.7 Å². The van der Waals surface area contributed by atoms with Crippen molar-refractivity contribution < 1.29 is 11.0 Å². The zero-order valence-electron chi connectivity index (χ0n) is 14.8. The molecule has 0 heterocycles. The van der Waals surface area contributed by atoms with Crippen molar-refractivity contribution in [1.82, 2.24) is 0 Å². The minimum Gasteiger partial charge on any atom is -0.412 e. The molecule has 2 saturated carbocycles. The van der Waals surface area contributed by atoms with Crippen LogP contribution in [0.3, 0.4) is 0 Å². The summed E-state index contributed by atoms with van der Waals surface area (Å²) in [7, 11) is 0. The van der Waals surface area contributed by atoms with E-state index in [0.717, 1.165) is 23.7 Å². The topological polar surface area (TPSA) is 63.0 Å². The lowest BCUT2D eigenvalue weighted by atomic mass is 9.79. The molecule has 0 spiro atoms. The molecule has 2 heteroatoms. The van der Waals surface area contributed by atoms with Crippen LogP contribution in [-0.4, -0.2) is 11.0 Å². The lowest BCUT2D eigenvalue weighted by Gasteiger charge is -2.26. The summed E-state index contributed by atoms with van der Waals surface area (Å²) in [5.41, 5.74) is 1.57. The first-order chi connectivity index (χ1) is 9.65. The second-order valence-corrected chi connectivity index (χ2v) is 7.54. The van der Waals surface area contributed by atoms with Crippen LogP contribution in [0, 0.1) is 30.1 Å². The van der Waals surface area contributed by atoms with Crippen molar-refractivity contribution >= 4 is 0 Å². The molecule has 3 aliphatic rings. The van der Waals surface area contributed by atoms with E-state index in [1.54, 1.807) is 5.57 Å². The van der Waals surface area contributed by atoms with Gasteiger partial charge in [0.05, 0.1) is 0 Å². The summed E-state index contributed by atoms with van der Waals surface area (Å²) in [6.07, 6.45) is 20.4. The van der Waals surface area contributed by atoms with Gasteiger partial charge in [0.1, 0.15) is 0 Å². The third-order valence-corrected chi connectivity index (χ3v) is 5.48. The monoisotopic (exact) mass is 309 g/mol. The van der Waals surface area contributed by atoms with Gasteiger partial charge in [-0.2, -0.15) is 0 Å². The Morgan fingerprint density at radius 3 is 1.41 bits per heavy atom. The normalized spacial score (nSPS) is 33.7. The summed E-state index contributed by atoms with van der Waals surface area (Å²) in [5, 5.41) is 0. The van der Waals surface area contributed by atoms with Gasteiger partial charge < -0.3 is 11.0 Å². The van der Waals surface area contributed by atoms with Gasteiger partial charge in [0.15, 0.2) is 0 Å². The van der Waals surface area contributed by atoms with Crippen LogP contribution in [0.5, 0.6) is 0 Å². The molecule has 1 radical (unpaired) electrons. The standard InChI is InChI=1S/C12H17.C8H16.2H2O/c1-10-6-8-12(9-7-10)11-4-2-3-5-11;1-7-3-5-8(2)6-4-7;;/h2-5,10,12H,6-9H2,1H3;7-8H,3-6H2,1-2H3;2*1H2. The SMILES string of the molecule is CC1CCC(C)CC1.CC1CCC(C2=CC=C[CH]2)CC1.O.O. The van der Waals surface area contributed by atoms with Gasteiger partial charge in [-0.1, -0.05) is 83.1 Å². The molecule has 2 fully saturated rings. The third kappa shape index (κ3) is 7.11. The van der Waals surface area contributed by atoms with Crippen LogP contribution in [0.15, 0.2) is 23.8 Å². The summed E-state index contributed by atoms with van der Waals surface area (Å²) in [4.78, 5) is 0. The fourth-order valence-corrected chi connectivity index (χ4v) is 3.68. The van der Waals surface area contributed by atoms with E-state index in [2.05, 4.69) is 45.4 Å². The molecule has 129 valence electrons. The molecule has 0 atom stereocenters. The van der Waals surface area contributed by atoms with Crippen molar-refractivity contribution in [3.8, 4) is 0 Å². The van der Waals surface area contributed by atoms with Crippen LogP contribution in [0.2, 0.25) is 0 Å². The van der Waals surface area contributed by atoms with E-state index in [1.165, 1.54) is 51.4 Å². The van der Waals surface area contributed by atoms with Crippen molar-refractivity contribution in [3.63, 3.8) is 0 Å². The lowest BCUT2D eigenvalue weighted by molar-refractivity contribution is 0.308. The van der Waals surface area contributed by atoms with Crippen LogP contribution in [0.4, 0.5) is 0 Å². The van der Waals surface area contributed by atoms with Gasteiger partial charge in [-0.25, -0.2) is 0 Å². The Kier molecular flexibility index (Phi) is 10.7. The first-order valence-electron chi connectivity index (χ1n) is 8.86. The van der Waals surface area contributed by atoms with Crippen molar-refractivity contribution in [1.29, 1.82) is 0 Å². The van der Waals surface area contributed by atoms with E-state index in [0.29, 0.717) is 0 Å². The number of hydrogen-bond donors (Lipinski definition) is 0. The Hall–Kier alpha value is -0.600. The summed E-state index contributed by atoms with van der Waals surface area (Å²) in [6, 6.07) is 0. The van der Waals surface area contributed by atoms with E-state index < -0.39 is 0 Å². The van der Waals surface area contributed by atoms with Gasteiger partial charge in [-0.05, 0) is 36.5 Å². The summed E-state index contributed by atoms with van der Waals surface area (Å²) < 4.78 is 0. The molecule has 0 aromatic rings. The van der Waals surface area contributed by atoms with Gasteiger partial charge in [0.25, 0.3) is 0 Å². The fraction of sp³-hybridized carbons (Fsp3) is 0.750. The zero-order chi connectivity index (χ0) is 14.4. The highest BCUT2D eigenvalue weighted by atomic mass is 16.0. The third-order valence-electron chi connectivity index (χ3n) is 5.48. The average molecular weight is 310 g/mol. The first-order valence-corrected chi connectivity index (χ1v) is 8.86. The second kappa shape index (κ2) is 11.0. The van der Waals surface area contributed by atoms with Gasteiger partial charge >= 0.3 is 0 Å². The molecule has 2 nitrogen and oxygen atoms in total. The highest BCUT2D eigenvalue weighted by molar-refractivity contribution is 5.35. The summed E-state index contributed by atoms with van der Waals surface area (Å²) in [6.45, 7) is 7.11. The average Bonchev–Trinajstić information content (AvgIpc) is 2.98. The largest absolute Gasteiger partial charge is 0.412 e. The number of hydrogen-bond acceptors (Lipinski definition) is 0. The number of rotatable bonds is 1. The molecule has 0 aromatic carbocycles. The van der Waals surface area contributed by atoms with E-state index in [4.69, 9.17) is 0 Å². The molecule has 3 rings (SSSR count). The predicted molar refractivity (Wildman–Crippen MR) is 96.7 cm³/mol. The molecule has 0 unspecified atom stereocenters. The second-order valence-electron chi connectivity index (χ2n) is 7.54. The fourth-order valence-electron chi connectivity index (χ4n) is 3.68. The maximum atomic E-state index is 2.38. The Morgan fingerprint density at radius 2 is 1.05 bits per heavy atom. The Labute approximate surface area is 137 Å². The van der Waals surface area contributed by atoms with Crippen LogP contribution in [0.1, 0.15) is 72.1 Å². The molecule has 22 heavy (non-hydrogen) atoms. The van der Waals surface area contributed by atoms with E-state index in [-0.39, 0.29) is 11.0 Å². The van der Waals surface area contributed by atoms with Crippen LogP contribution < -0.4 is 0 Å². The van der Waals surface area contributed by atoms with Crippen molar-refractivity contribution in [3.05, 3.63) is 30.2 Å². The molecule has 3 aliphatic carbocycles. The maximum absolute atomic E-state index is 2.38. The molecular formula is C20H37O2. The quantitative estimate of drug-likeness (QED) is 0.674. The van der Waals surface area contributed by atoms with Crippen molar-refractivity contribution in [2.75, 3.05) is 0 Å². The summed E-state index contributed by atoms with van der Waals surface area (Å²) >= 11 is 0. The van der Waals surface area contributed by atoms with Crippen LogP contribution in [-0.2, 0) is 0 Å². The highest BCUT2D eigenvalue weighted by Crippen LogP contribution is 2.35. The zero-order valence-corrected chi connectivity index (χ0v) is 14.8. The predicted octanol–water partition coefficient (Wildman–Crippen LogP) is 4.70. The van der Waals surface area contributed by atoms with Crippen molar-refractivity contribution in [2.45, 2.75) is 72.1 Å². The molecule has 0 amide bonds. The Balaban J connectivity index is 0.000000393. The van der Waals surface area contributed by atoms with E-state index in [1.807, 2.05) is 0 Å². The molecular weight excluding hydrogens is 272 g/mol. The smallest absolute Gasteiger partial charge is 0.00863 e. The van der Waals surface area contributed by atoms with Crippen LogP contribution in [0.25, 0.3) is 0 Å². The summed E-state index contributed by atoms with van der Waals surface area (Å²) in [5.74, 6) is 3.88. The van der Waals surface area contributed by atoms with Gasteiger partial charge in [0.2, 0.25) is 0 Å². The Morgan fingerprint density at radius 1 is 0.636 bits per heavy atom. The maximum Gasteiger partial charge on any atom is 0.00863 e. The minimum atomic E-state index is 0. The van der Waals surface area contributed by atoms with E-state index >= 15 is 0 Å². The van der Waals surface area contributed by atoms with Gasteiger partial charge in [0, 0.05) is 6.42 Å². The lowest BCUT2D eigenvalue weighted by Crippen LogP contribution is -2.13. The first kappa shape index (κ1) is 21.4. The van der Waals surface area contributed by atoms with Gasteiger partial charge in [-0.3, -0.25) is 0 Å². The molecule has 0 aromatic heterocycles. The van der Waals surface area contributed by atoms with Gasteiger partial charge in [-0.15, -0.1) is 0 Å². The molecule has 0 bridgehead atoms. The molecule has 0 aliphatic heterocycles. The van der Waals surface area contributed by atoms with E-state index in [9.17, 15) is 0 Å². The minimum absolute atomic E-state index is 0. The number of allylic oxidation sites excluding steroid dienone is 4. The molecule has 0 saturated heterocycles. The van der Waals surface area contributed by atoms with Crippen LogP contribution >= 0.6 is 0 Å². The molecule has 4 N–H and O–H groups in total.